The number of carbonyl (C=O) groups is 1. The number of benzene rings is 1. The molecule has 0 aliphatic rings. The number of aromatic nitrogens is 4. The fraction of sp³-hybridized carbons (Fsp3) is 0.333. The van der Waals surface area contributed by atoms with E-state index in [1.807, 2.05) is 44.2 Å². The van der Waals surface area contributed by atoms with E-state index in [1.165, 1.54) is 0 Å². The van der Waals surface area contributed by atoms with Crippen LogP contribution in [0.25, 0.3) is 22.5 Å². The van der Waals surface area contributed by atoms with E-state index < -0.39 is 11.4 Å². The molecule has 0 amide bonds. The average molecular weight is 396 g/mol. The highest BCUT2D eigenvalue weighted by molar-refractivity contribution is 5.73. The summed E-state index contributed by atoms with van der Waals surface area (Å²) in [5.41, 5.74) is 2.68. The highest BCUT2D eigenvalue weighted by atomic mass is 16.5. The van der Waals surface area contributed by atoms with E-state index in [0.717, 1.165) is 22.4 Å². The van der Waals surface area contributed by atoms with Gasteiger partial charge in [-0.2, -0.15) is 4.98 Å². The van der Waals surface area contributed by atoms with E-state index in [2.05, 4.69) is 20.2 Å². The van der Waals surface area contributed by atoms with Crippen LogP contribution in [0, 0.1) is 12.3 Å². The predicted molar refractivity (Wildman–Crippen MR) is 108 cm³/mol. The Morgan fingerprint density at radius 2 is 1.76 bits per heavy atom. The van der Waals surface area contributed by atoms with Crippen LogP contribution in [0.4, 0.5) is 0 Å². The minimum Gasteiger partial charge on any atom is -0.481 e. The SMILES string of the molecule is CCOc1n[nH]c(-c2ccc(-c3ccc(OCC(C)(C)C(=O)O)nc3C)cc2)n1. The van der Waals surface area contributed by atoms with Gasteiger partial charge >= 0.3 is 12.0 Å². The molecule has 0 saturated heterocycles. The first-order chi connectivity index (χ1) is 13.8. The van der Waals surface area contributed by atoms with E-state index in [0.29, 0.717) is 24.3 Å². The van der Waals surface area contributed by atoms with Gasteiger partial charge in [0.25, 0.3) is 0 Å². The molecule has 2 N–H and O–H groups in total. The molecule has 152 valence electrons. The number of ether oxygens (including phenoxy) is 2. The second-order valence-corrected chi connectivity index (χ2v) is 7.24. The van der Waals surface area contributed by atoms with Crippen molar-refractivity contribution in [1.82, 2.24) is 20.2 Å². The molecule has 0 aliphatic heterocycles. The van der Waals surface area contributed by atoms with Crippen LogP contribution in [0.1, 0.15) is 26.5 Å². The Bertz CT molecular complexity index is 996. The van der Waals surface area contributed by atoms with Crippen LogP contribution in [0.3, 0.4) is 0 Å². The molecule has 3 aromatic rings. The number of carboxylic acids is 1. The molecule has 1 aromatic carbocycles. The Morgan fingerprint density at radius 1 is 1.07 bits per heavy atom. The van der Waals surface area contributed by atoms with Gasteiger partial charge in [0.15, 0.2) is 5.82 Å². The molecule has 0 unspecified atom stereocenters. The first-order valence-corrected chi connectivity index (χ1v) is 9.30. The summed E-state index contributed by atoms with van der Waals surface area (Å²) in [7, 11) is 0. The van der Waals surface area contributed by atoms with Crippen LogP contribution in [-0.4, -0.2) is 44.5 Å². The van der Waals surface area contributed by atoms with E-state index in [4.69, 9.17) is 9.47 Å². The number of aryl methyl sites for hydroxylation is 1. The highest BCUT2D eigenvalue weighted by Gasteiger charge is 2.28. The van der Waals surface area contributed by atoms with Gasteiger partial charge in [-0.05, 0) is 39.3 Å². The molecular formula is C21H24N4O4. The molecule has 8 heteroatoms. The molecule has 0 spiro atoms. The Hall–Kier alpha value is -3.42. The van der Waals surface area contributed by atoms with Crippen molar-refractivity contribution in [2.75, 3.05) is 13.2 Å². The third-order valence-electron chi connectivity index (χ3n) is 4.43. The summed E-state index contributed by atoms with van der Waals surface area (Å²) in [6.07, 6.45) is 0. The molecule has 2 heterocycles. The maximum absolute atomic E-state index is 11.2. The maximum atomic E-state index is 11.2. The summed E-state index contributed by atoms with van der Waals surface area (Å²) in [5.74, 6) is 0.132. The van der Waals surface area contributed by atoms with Crippen LogP contribution in [-0.2, 0) is 4.79 Å². The minimum atomic E-state index is -0.979. The number of hydrogen-bond donors (Lipinski definition) is 2. The number of nitrogens with one attached hydrogen (secondary N) is 1. The van der Waals surface area contributed by atoms with Crippen molar-refractivity contribution >= 4 is 5.97 Å². The average Bonchev–Trinajstić information content (AvgIpc) is 3.16. The summed E-state index contributed by atoms with van der Waals surface area (Å²) in [6, 6.07) is 11.9. The summed E-state index contributed by atoms with van der Waals surface area (Å²) < 4.78 is 10.9. The number of H-pyrrole nitrogens is 1. The second kappa shape index (κ2) is 8.30. The first-order valence-electron chi connectivity index (χ1n) is 9.30. The Morgan fingerprint density at radius 3 is 2.38 bits per heavy atom. The lowest BCUT2D eigenvalue weighted by Crippen LogP contribution is -2.30. The normalized spacial score (nSPS) is 11.3. The second-order valence-electron chi connectivity index (χ2n) is 7.24. The lowest BCUT2D eigenvalue weighted by molar-refractivity contribution is -0.148. The molecule has 0 aliphatic carbocycles. The molecule has 0 fully saturated rings. The monoisotopic (exact) mass is 396 g/mol. The van der Waals surface area contributed by atoms with Gasteiger partial charge in [0.2, 0.25) is 5.88 Å². The van der Waals surface area contributed by atoms with Gasteiger partial charge in [0.05, 0.1) is 12.0 Å². The molecule has 0 saturated carbocycles. The number of carboxylic acid groups (broad SMARTS) is 1. The molecule has 3 rings (SSSR count). The molecule has 0 radical (unpaired) electrons. The van der Waals surface area contributed by atoms with Crippen molar-refractivity contribution in [3.63, 3.8) is 0 Å². The number of hydrogen-bond acceptors (Lipinski definition) is 6. The Labute approximate surface area is 168 Å². The summed E-state index contributed by atoms with van der Waals surface area (Å²) >= 11 is 0. The van der Waals surface area contributed by atoms with Gasteiger partial charge in [-0.3, -0.25) is 9.89 Å². The predicted octanol–water partition coefficient (Wildman–Crippen LogP) is 3.73. The molecule has 0 atom stereocenters. The summed E-state index contributed by atoms with van der Waals surface area (Å²) in [4.78, 5) is 19.9. The molecule has 2 aromatic heterocycles. The van der Waals surface area contributed by atoms with Crippen LogP contribution >= 0.6 is 0 Å². The van der Waals surface area contributed by atoms with Crippen LogP contribution in [0.15, 0.2) is 36.4 Å². The molecule has 8 nitrogen and oxygen atoms in total. The van der Waals surface area contributed by atoms with Gasteiger partial charge < -0.3 is 14.6 Å². The topological polar surface area (TPSA) is 110 Å². The lowest BCUT2D eigenvalue weighted by atomic mass is 9.95. The van der Waals surface area contributed by atoms with Crippen LogP contribution in [0.5, 0.6) is 11.9 Å². The fourth-order valence-electron chi connectivity index (χ4n) is 2.62. The van der Waals surface area contributed by atoms with Gasteiger partial charge in [-0.1, -0.05) is 24.3 Å². The van der Waals surface area contributed by atoms with Gasteiger partial charge in [-0.15, -0.1) is 5.10 Å². The van der Waals surface area contributed by atoms with Crippen molar-refractivity contribution in [1.29, 1.82) is 0 Å². The zero-order chi connectivity index (χ0) is 21.0. The van der Waals surface area contributed by atoms with Crippen molar-refractivity contribution in [3.8, 4) is 34.4 Å². The molecule has 29 heavy (non-hydrogen) atoms. The Balaban J connectivity index is 1.74. The smallest absolute Gasteiger partial charge is 0.335 e. The maximum Gasteiger partial charge on any atom is 0.335 e. The number of rotatable bonds is 8. The summed E-state index contributed by atoms with van der Waals surface area (Å²) in [6.45, 7) is 7.56. The van der Waals surface area contributed by atoms with Gasteiger partial charge in [0, 0.05) is 22.9 Å². The van der Waals surface area contributed by atoms with Crippen molar-refractivity contribution in [2.45, 2.75) is 27.7 Å². The number of pyridine rings is 1. The third kappa shape index (κ3) is 4.71. The molecular weight excluding hydrogens is 372 g/mol. The van der Waals surface area contributed by atoms with Gasteiger partial charge in [-0.25, -0.2) is 4.98 Å². The first kappa shape index (κ1) is 20.3. The number of nitrogens with zero attached hydrogens (tertiary/aromatic N) is 3. The largest absolute Gasteiger partial charge is 0.481 e. The van der Waals surface area contributed by atoms with E-state index in [-0.39, 0.29) is 6.61 Å². The quantitative estimate of drug-likeness (QED) is 0.597. The van der Waals surface area contributed by atoms with Crippen molar-refractivity contribution < 1.29 is 19.4 Å². The lowest BCUT2D eigenvalue weighted by Gasteiger charge is -2.19. The van der Waals surface area contributed by atoms with E-state index in [1.54, 1.807) is 19.9 Å². The third-order valence-corrected chi connectivity index (χ3v) is 4.43. The number of aliphatic carboxylic acids is 1. The van der Waals surface area contributed by atoms with Gasteiger partial charge in [0.1, 0.15) is 6.61 Å². The van der Waals surface area contributed by atoms with Crippen molar-refractivity contribution in [2.24, 2.45) is 5.41 Å². The standard InChI is InChI=1S/C21H24N4O4/c1-5-28-20-23-18(24-25-20)15-8-6-14(7-9-15)16-10-11-17(22-13(16)2)29-12-21(3,4)19(26)27/h6-11H,5,12H2,1-4H3,(H,26,27)(H,23,24,25). The highest BCUT2D eigenvalue weighted by Crippen LogP contribution is 2.27. The van der Waals surface area contributed by atoms with E-state index >= 15 is 0 Å². The zero-order valence-corrected chi connectivity index (χ0v) is 16.9. The fourth-order valence-corrected chi connectivity index (χ4v) is 2.62. The van der Waals surface area contributed by atoms with Crippen LogP contribution < -0.4 is 9.47 Å². The number of aromatic amines is 1. The summed E-state index contributed by atoms with van der Waals surface area (Å²) in [5, 5.41) is 16.1. The molecule has 0 bridgehead atoms. The zero-order valence-electron chi connectivity index (χ0n) is 16.9. The van der Waals surface area contributed by atoms with Crippen molar-refractivity contribution in [3.05, 3.63) is 42.1 Å². The minimum absolute atomic E-state index is 0.0454. The van der Waals surface area contributed by atoms with E-state index in [9.17, 15) is 9.90 Å². The Kier molecular flexibility index (Phi) is 5.81. The van der Waals surface area contributed by atoms with Crippen LogP contribution in [0.2, 0.25) is 0 Å².